The van der Waals surface area contributed by atoms with Gasteiger partial charge in [0.1, 0.15) is 0 Å². The van der Waals surface area contributed by atoms with Crippen molar-refractivity contribution in [2.45, 2.75) is 13.1 Å². The van der Waals surface area contributed by atoms with Gasteiger partial charge in [0.2, 0.25) is 0 Å². The van der Waals surface area contributed by atoms with Crippen molar-refractivity contribution in [3.8, 4) is 0 Å². The van der Waals surface area contributed by atoms with Crippen molar-refractivity contribution >= 4 is 23.0 Å². The van der Waals surface area contributed by atoms with Crippen LogP contribution in [0.5, 0.6) is 0 Å². The molecule has 0 atom stereocenters. The number of halogens is 1. The van der Waals surface area contributed by atoms with Crippen molar-refractivity contribution in [3.05, 3.63) is 58.6 Å². The Labute approximate surface area is 112 Å². The lowest BCUT2D eigenvalue weighted by atomic mass is 10.1. The van der Waals surface area contributed by atoms with E-state index in [4.69, 9.17) is 23.1 Å². The van der Waals surface area contributed by atoms with Gasteiger partial charge in [-0.15, -0.1) is 0 Å². The molecule has 0 aromatic heterocycles. The average Bonchev–Trinajstić information content (AvgIpc) is 2.36. The van der Waals surface area contributed by atoms with Gasteiger partial charge in [-0.1, -0.05) is 23.7 Å². The molecule has 94 valence electrons. The normalized spacial score (nSPS) is 10.5. The fourth-order valence-electron chi connectivity index (χ4n) is 1.72. The number of anilines is 2. The summed E-state index contributed by atoms with van der Waals surface area (Å²) in [6.45, 7) is 1.46. The zero-order valence-electron chi connectivity index (χ0n) is 9.99. The topological polar surface area (TPSA) is 64.1 Å². The highest BCUT2D eigenvalue weighted by Gasteiger charge is 2.00. The van der Waals surface area contributed by atoms with Crippen LogP contribution >= 0.6 is 11.6 Å². The Kier molecular flexibility index (Phi) is 4.07. The lowest BCUT2D eigenvalue weighted by Crippen LogP contribution is -2.14. The van der Waals surface area contributed by atoms with Crippen LogP contribution in [0.25, 0.3) is 0 Å². The largest absolute Gasteiger partial charge is 0.399 e. The van der Waals surface area contributed by atoms with Crippen LogP contribution in [-0.2, 0) is 13.1 Å². The molecule has 0 aliphatic rings. The second kappa shape index (κ2) is 5.76. The molecule has 0 heterocycles. The predicted molar refractivity (Wildman–Crippen MR) is 77.3 cm³/mol. The van der Waals surface area contributed by atoms with E-state index in [1.54, 1.807) is 6.07 Å². The third-order valence-corrected chi connectivity index (χ3v) is 2.98. The Morgan fingerprint density at radius 2 is 1.67 bits per heavy atom. The first-order valence-electron chi connectivity index (χ1n) is 5.74. The molecule has 0 fully saturated rings. The van der Waals surface area contributed by atoms with Crippen LogP contribution in [0.1, 0.15) is 11.1 Å². The van der Waals surface area contributed by atoms with E-state index in [2.05, 4.69) is 5.32 Å². The van der Waals surface area contributed by atoms with Crippen molar-refractivity contribution < 1.29 is 0 Å². The van der Waals surface area contributed by atoms with Crippen molar-refractivity contribution in [1.29, 1.82) is 0 Å². The summed E-state index contributed by atoms with van der Waals surface area (Å²) in [6, 6.07) is 13.3. The maximum Gasteiger partial charge on any atom is 0.0406 e. The van der Waals surface area contributed by atoms with Crippen molar-refractivity contribution in [2.75, 3.05) is 11.5 Å². The molecule has 0 radical (unpaired) electrons. The number of nitrogens with two attached hydrogens (primary N) is 2. The lowest BCUT2D eigenvalue weighted by molar-refractivity contribution is 0.695. The monoisotopic (exact) mass is 261 g/mol. The molecular formula is C14H16ClN3. The number of hydrogen-bond acceptors (Lipinski definition) is 3. The molecule has 2 aromatic rings. The third-order valence-electron chi connectivity index (χ3n) is 2.72. The minimum atomic E-state index is 0.694. The van der Waals surface area contributed by atoms with Gasteiger partial charge in [0.05, 0.1) is 0 Å². The fraction of sp³-hybridized carbons (Fsp3) is 0.143. The third kappa shape index (κ3) is 3.39. The van der Waals surface area contributed by atoms with E-state index in [0.29, 0.717) is 6.54 Å². The Morgan fingerprint density at radius 3 is 2.39 bits per heavy atom. The molecule has 2 rings (SSSR count). The van der Waals surface area contributed by atoms with Crippen molar-refractivity contribution in [2.24, 2.45) is 0 Å². The summed E-state index contributed by atoms with van der Waals surface area (Å²) < 4.78 is 0. The summed E-state index contributed by atoms with van der Waals surface area (Å²) >= 11 is 5.83. The number of nitrogens with one attached hydrogen (secondary N) is 1. The molecule has 0 aliphatic heterocycles. The van der Waals surface area contributed by atoms with E-state index in [1.807, 2.05) is 36.4 Å². The second-order valence-corrected chi connectivity index (χ2v) is 4.62. The molecule has 0 saturated carbocycles. The van der Waals surface area contributed by atoms with Gasteiger partial charge >= 0.3 is 0 Å². The van der Waals surface area contributed by atoms with Crippen LogP contribution in [0.3, 0.4) is 0 Å². The zero-order valence-corrected chi connectivity index (χ0v) is 10.7. The summed E-state index contributed by atoms with van der Waals surface area (Å²) in [6.07, 6.45) is 0. The van der Waals surface area contributed by atoms with Gasteiger partial charge in [0, 0.05) is 29.5 Å². The molecule has 0 spiro atoms. The van der Waals surface area contributed by atoms with Crippen molar-refractivity contribution in [1.82, 2.24) is 5.32 Å². The van der Waals surface area contributed by atoms with Gasteiger partial charge in [-0.3, -0.25) is 0 Å². The second-order valence-electron chi connectivity index (χ2n) is 4.19. The predicted octanol–water partition coefficient (Wildman–Crippen LogP) is 2.79. The molecule has 5 N–H and O–H groups in total. The average molecular weight is 262 g/mol. The Morgan fingerprint density at radius 1 is 0.944 bits per heavy atom. The van der Waals surface area contributed by atoms with Crippen LogP contribution in [0.2, 0.25) is 5.02 Å². The summed E-state index contributed by atoms with van der Waals surface area (Å²) in [4.78, 5) is 0. The van der Waals surface area contributed by atoms with Gasteiger partial charge in [0.15, 0.2) is 0 Å². The molecule has 0 bridgehead atoms. The highest BCUT2D eigenvalue weighted by molar-refractivity contribution is 6.30. The van der Waals surface area contributed by atoms with Gasteiger partial charge < -0.3 is 16.8 Å². The van der Waals surface area contributed by atoms with Crippen molar-refractivity contribution in [3.63, 3.8) is 0 Å². The lowest BCUT2D eigenvalue weighted by Gasteiger charge is -2.08. The van der Waals surface area contributed by atoms with E-state index < -0.39 is 0 Å². The molecule has 2 aromatic carbocycles. The molecule has 0 saturated heterocycles. The van der Waals surface area contributed by atoms with Gasteiger partial charge in [-0.05, 0) is 41.5 Å². The summed E-state index contributed by atoms with van der Waals surface area (Å²) in [5.74, 6) is 0. The standard InChI is InChI=1S/C14H16ClN3/c15-12-3-1-10(2-4-12)8-18-9-11-7-13(16)5-6-14(11)17/h1-7,18H,8-9,16-17H2. The van der Waals surface area contributed by atoms with Gasteiger partial charge in [-0.2, -0.15) is 0 Å². The highest BCUT2D eigenvalue weighted by Crippen LogP contribution is 2.15. The molecule has 0 amide bonds. The molecule has 0 unspecified atom stereocenters. The number of hydrogen-bond donors (Lipinski definition) is 3. The minimum absolute atomic E-state index is 0.694. The number of rotatable bonds is 4. The Balaban J connectivity index is 1.92. The Bertz CT molecular complexity index is 523. The molecule has 18 heavy (non-hydrogen) atoms. The SMILES string of the molecule is Nc1ccc(N)c(CNCc2ccc(Cl)cc2)c1. The molecular weight excluding hydrogens is 246 g/mol. The van der Waals surface area contributed by atoms with E-state index in [-0.39, 0.29) is 0 Å². The van der Waals surface area contributed by atoms with E-state index in [9.17, 15) is 0 Å². The minimum Gasteiger partial charge on any atom is -0.399 e. The Hall–Kier alpha value is -1.71. The summed E-state index contributed by atoms with van der Waals surface area (Å²) in [7, 11) is 0. The summed E-state index contributed by atoms with van der Waals surface area (Å²) in [5, 5.41) is 4.08. The van der Waals surface area contributed by atoms with E-state index in [0.717, 1.165) is 28.5 Å². The van der Waals surface area contributed by atoms with Crippen LogP contribution in [0.15, 0.2) is 42.5 Å². The van der Waals surface area contributed by atoms with Gasteiger partial charge in [0.25, 0.3) is 0 Å². The maximum absolute atomic E-state index is 5.88. The van der Waals surface area contributed by atoms with E-state index >= 15 is 0 Å². The number of benzene rings is 2. The first-order chi connectivity index (χ1) is 8.65. The zero-order chi connectivity index (χ0) is 13.0. The number of nitrogen functional groups attached to an aromatic ring is 2. The molecule has 4 heteroatoms. The maximum atomic E-state index is 5.88. The van der Waals surface area contributed by atoms with Gasteiger partial charge in [-0.25, -0.2) is 0 Å². The first-order valence-corrected chi connectivity index (χ1v) is 6.12. The molecule has 3 nitrogen and oxygen atoms in total. The van der Waals surface area contributed by atoms with Crippen LogP contribution in [0.4, 0.5) is 11.4 Å². The summed E-state index contributed by atoms with van der Waals surface area (Å²) in [5.41, 5.74) is 15.3. The van der Waals surface area contributed by atoms with Crippen LogP contribution in [-0.4, -0.2) is 0 Å². The smallest absolute Gasteiger partial charge is 0.0406 e. The first kappa shape index (κ1) is 12.7. The van der Waals surface area contributed by atoms with Crippen LogP contribution in [0, 0.1) is 0 Å². The molecule has 0 aliphatic carbocycles. The quantitative estimate of drug-likeness (QED) is 0.742. The highest BCUT2D eigenvalue weighted by atomic mass is 35.5. The van der Waals surface area contributed by atoms with Crippen LogP contribution < -0.4 is 16.8 Å². The fourth-order valence-corrected chi connectivity index (χ4v) is 1.85. The van der Waals surface area contributed by atoms with E-state index in [1.165, 1.54) is 5.56 Å².